The number of hydrogen-bond donors (Lipinski definition) is 3. The molecule has 0 aliphatic heterocycles. The number of aromatic nitrogens is 4. The van der Waals surface area contributed by atoms with Gasteiger partial charge >= 0.3 is 0 Å². The molecule has 0 saturated heterocycles. The van der Waals surface area contributed by atoms with Gasteiger partial charge in [-0.1, -0.05) is 6.07 Å². The van der Waals surface area contributed by atoms with Crippen molar-refractivity contribution in [3.8, 4) is 11.4 Å². The van der Waals surface area contributed by atoms with Gasteiger partial charge in [0.05, 0.1) is 6.54 Å². The Morgan fingerprint density at radius 2 is 2.11 bits per heavy atom. The normalized spacial score (nSPS) is 16.0. The summed E-state index contributed by atoms with van der Waals surface area (Å²) in [6.07, 6.45) is 6.69. The fraction of sp³-hybridized carbons (Fsp3) is 0.300. The molecule has 1 atom stereocenters. The summed E-state index contributed by atoms with van der Waals surface area (Å²) in [5.74, 6) is 1.41. The third-order valence-corrected chi connectivity index (χ3v) is 5.02. The molecular weight excluding hydrogens is 340 g/mol. The molecule has 2 aromatic heterocycles. The van der Waals surface area contributed by atoms with E-state index in [0.29, 0.717) is 29.7 Å². The molecule has 7 heteroatoms. The predicted molar refractivity (Wildman–Crippen MR) is 102 cm³/mol. The number of carbonyl (C=O) groups is 1. The van der Waals surface area contributed by atoms with Gasteiger partial charge in [-0.3, -0.25) is 14.9 Å². The van der Waals surface area contributed by atoms with Crippen LogP contribution in [0.15, 0.2) is 42.7 Å². The maximum absolute atomic E-state index is 12.6. The fourth-order valence-corrected chi connectivity index (χ4v) is 3.55. The maximum atomic E-state index is 12.6. The number of nitrogens with zero attached hydrogens (tertiary/aromatic N) is 3. The van der Waals surface area contributed by atoms with Gasteiger partial charge in [-0.15, -0.1) is 0 Å². The second kappa shape index (κ2) is 7.67. The van der Waals surface area contributed by atoms with Crippen LogP contribution in [-0.2, 0) is 13.0 Å². The number of fused-ring (bicyclic) bond motifs is 1. The third kappa shape index (κ3) is 3.73. The Hall–Kier alpha value is -3.06. The zero-order valence-corrected chi connectivity index (χ0v) is 15.0. The molecule has 4 rings (SSSR count). The molecule has 138 valence electrons. The number of H-pyrrole nitrogens is 1. The Kier molecular flexibility index (Phi) is 4.93. The van der Waals surface area contributed by atoms with E-state index in [1.54, 1.807) is 12.4 Å². The van der Waals surface area contributed by atoms with Crippen LogP contribution >= 0.6 is 0 Å². The number of nitrogens with two attached hydrogens (primary N) is 1. The van der Waals surface area contributed by atoms with E-state index >= 15 is 0 Å². The second-order valence-electron chi connectivity index (χ2n) is 6.76. The average Bonchev–Trinajstić information content (AvgIpc) is 3.21. The standard InChI is InChI=1S/C20H22N6O/c21-11-16-3-1-2-13-4-5-15(10-17(13)16)20(27)23-12-18-24-19(26-25-18)14-6-8-22-9-7-14/h4-10,16H,1-3,11-12,21H2,(H,23,27)(H,24,25,26). The molecule has 3 aromatic rings. The molecule has 1 aliphatic carbocycles. The van der Waals surface area contributed by atoms with Crippen LogP contribution in [0.5, 0.6) is 0 Å². The monoisotopic (exact) mass is 362 g/mol. The number of amides is 1. The zero-order valence-electron chi connectivity index (χ0n) is 15.0. The van der Waals surface area contributed by atoms with E-state index in [1.165, 1.54) is 11.1 Å². The quantitative estimate of drug-likeness (QED) is 0.644. The van der Waals surface area contributed by atoms with E-state index in [2.05, 4.69) is 31.5 Å². The van der Waals surface area contributed by atoms with E-state index < -0.39 is 0 Å². The zero-order chi connectivity index (χ0) is 18.6. The van der Waals surface area contributed by atoms with Crippen LogP contribution in [0.3, 0.4) is 0 Å². The molecule has 4 N–H and O–H groups in total. The second-order valence-corrected chi connectivity index (χ2v) is 6.76. The van der Waals surface area contributed by atoms with Crippen molar-refractivity contribution in [2.45, 2.75) is 31.7 Å². The van der Waals surface area contributed by atoms with Crippen molar-refractivity contribution >= 4 is 5.91 Å². The van der Waals surface area contributed by atoms with E-state index in [0.717, 1.165) is 24.8 Å². The summed E-state index contributed by atoms with van der Waals surface area (Å²) in [6.45, 7) is 0.905. The number of aromatic amines is 1. The molecule has 7 nitrogen and oxygen atoms in total. The topological polar surface area (TPSA) is 110 Å². The minimum Gasteiger partial charge on any atom is -0.345 e. The van der Waals surface area contributed by atoms with E-state index in [-0.39, 0.29) is 12.5 Å². The van der Waals surface area contributed by atoms with Crippen molar-refractivity contribution in [1.29, 1.82) is 0 Å². The summed E-state index contributed by atoms with van der Waals surface area (Å²) in [7, 11) is 0. The molecule has 1 aliphatic rings. The highest BCUT2D eigenvalue weighted by Crippen LogP contribution is 2.31. The lowest BCUT2D eigenvalue weighted by atomic mass is 9.82. The van der Waals surface area contributed by atoms with Gasteiger partial charge in [-0.2, -0.15) is 5.10 Å². The van der Waals surface area contributed by atoms with E-state index in [4.69, 9.17) is 5.73 Å². The van der Waals surface area contributed by atoms with Gasteiger partial charge in [-0.25, -0.2) is 4.98 Å². The first-order chi connectivity index (χ1) is 13.2. The summed E-state index contributed by atoms with van der Waals surface area (Å²) in [5, 5.41) is 9.95. The van der Waals surface area contributed by atoms with Crippen LogP contribution in [0.1, 0.15) is 46.1 Å². The first-order valence-corrected chi connectivity index (χ1v) is 9.17. The molecule has 1 unspecified atom stereocenters. The van der Waals surface area contributed by atoms with Crippen LogP contribution in [0.2, 0.25) is 0 Å². The van der Waals surface area contributed by atoms with Gasteiger partial charge < -0.3 is 11.1 Å². The van der Waals surface area contributed by atoms with E-state index in [9.17, 15) is 4.79 Å². The minimum atomic E-state index is -0.124. The molecule has 0 spiro atoms. The minimum absolute atomic E-state index is 0.124. The predicted octanol–water partition coefficient (Wildman–Crippen LogP) is 2.18. The lowest BCUT2D eigenvalue weighted by Gasteiger charge is -2.24. The van der Waals surface area contributed by atoms with E-state index in [1.807, 2.05) is 24.3 Å². The fourth-order valence-electron chi connectivity index (χ4n) is 3.55. The third-order valence-electron chi connectivity index (χ3n) is 5.02. The number of aryl methyl sites for hydroxylation is 1. The Balaban J connectivity index is 1.44. The Morgan fingerprint density at radius 1 is 1.26 bits per heavy atom. The maximum Gasteiger partial charge on any atom is 0.251 e. The summed E-state index contributed by atoms with van der Waals surface area (Å²) >= 11 is 0. The Morgan fingerprint density at radius 3 is 2.93 bits per heavy atom. The highest BCUT2D eigenvalue weighted by molar-refractivity contribution is 5.94. The first-order valence-electron chi connectivity index (χ1n) is 9.17. The molecule has 0 bridgehead atoms. The summed E-state index contributed by atoms with van der Waals surface area (Å²) in [5.41, 5.74) is 9.97. The van der Waals surface area contributed by atoms with Crippen molar-refractivity contribution in [3.63, 3.8) is 0 Å². The van der Waals surface area contributed by atoms with Gasteiger partial charge in [0.1, 0.15) is 5.82 Å². The van der Waals surface area contributed by atoms with Gasteiger partial charge in [0.15, 0.2) is 5.82 Å². The molecule has 1 aromatic carbocycles. The first kappa shape index (κ1) is 17.4. The number of nitrogens with one attached hydrogen (secondary N) is 2. The van der Waals surface area contributed by atoms with Gasteiger partial charge in [-0.05, 0) is 67.1 Å². The largest absolute Gasteiger partial charge is 0.345 e. The van der Waals surface area contributed by atoms with Gasteiger partial charge in [0.2, 0.25) is 0 Å². The molecular formula is C20H22N6O. The molecule has 1 amide bonds. The molecule has 2 heterocycles. The number of carbonyl (C=O) groups excluding carboxylic acids is 1. The summed E-state index contributed by atoms with van der Waals surface area (Å²) in [4.78, 5) is 21.0. The van der Waals surface area contributed by atoms with Crippen molar-refractivity contribution in [1.82, 2.24) is 25.5 Å². The molecule has 0 radical (unpaired) electrons. The Labute approximate surface area is 157 Å². The number of rotatable bonds is 5. The van der Waals surface area contributed by atoms with Crippen LogP contribution in [0, 0.1) is 0 Å². The van der Waals surface area contributed by atoms with Crippen molar-refractivity contribution in [2.75, 3.05) is 6.54 Å². The summed E-state index contributed by atoms with van der Waals surface area (Å²) in [6, 6.07) is 9.61. The average molecular weight is 362 g/mol. The highest BCUT2D eigenvalue weighted by atomic mass is 16.1. The van der Waals surface area contributed by atoms with Crippen LogP contribution in [0.4, 0.5) is 0 Å². The number of hydrogen-bond acceptors (Lipinski definition) is 5. The van der Waals surface area contributed by atoms with Gasteiger partial charge in [0.25, 0.3) is 5.91 Å². The van der Waals surface area contributed by atoms with Crippen LogP contribution in [-0.4, -0.2) is 32.6 Å². The molecule has 27 heavy (non-hydrogen) atoms. The number of benzene rings is 1. The smallest absolute Gasteiger partial charge is 0.251 e. The summed E-state index contributed by atoms with van der Waals surface area (Å²) < 4.78 is 0. The number of pyridine rings is 1. The van der Waals surface area contributed by atoms with Crippen LogP contribution in [0.25, 0.3) is 11.4 Å². The van der Waals surface area contributed by atoms with Crippen LogP contribution < -0.4 is 11.1 Å². The lowest BCUT2D eigenvalue weighted by molar-refractivity contribution is 0.0949. The van der Waals surface area contributed by atoms with Crippen molar-refractivity contribution in [3.05, 3.63) is 65.2 Å². The van der Waals surface area contributed by atoms with Crippen molar-refractivity contribution < 1.29 is 4.79 Å². The lowest BCUT2D eigenvalue weighted by Crippen LogP contribution is -2.25. The molecule has 0 fully saturated rings. The SMILES string of the molecule is NCC1CCCc2ccc(C(=O)NCc3nc(-c4ccncc4)n[nH]3)cc21. The molecule has 0 saturated carbocycles. The van der Waals surface area contributed by atoms with Crippen molar-refractivity contribution in [2.24, 2.45) is 5.73 Å². The highest BCUT2D eigenvalue weighted by Gasteiger charge is 2.20. The van der Waals surface area contributed by atoms with Gasteiger partial charge in [0, 0.05) is 23.5 Å². The Bertz CT molecular complexity index is 937.